The Morgan fingerprint density at radius 2 is 2.00 bits per heavy atom. The van der Waals surface area contributed by atoms with Gasteiger partial charge < -0.3 is 4.74 Å². The zero-order valence-electron chi connectivity index (χ0n) is 11.5. The molecule has 0 aliphatic heterocycles. The molecule has 3 nitrogen and oxygen atoms in total. The molecule has 0 bridgehead atoms. The molecular formula is C15H18BrNO2. The highest BCUT2D eigenvalue weighted by Crippen LogP contribution is 2.49. The normalized spacial score (nSPS) is 17.1. The molecule has 1 aliphatic rings. The number of halogens is 1. The second kappa shape index (κ2) is 5.48. The minimum absolute atomic E-state index is 0.453. The summed E-state index contributed by atoms with van der Waals surface area (Å²) >= 11 is 3.55. The quantitative estimate of drug-likeness (QED) is 0.618. The number of hydrogen-bond acceptors (Lipinski definition) is 3. The first-order valence-corrected chi connectivity index (χ1v) is 7.28. The summed E-state index contributed by atoms with van der Waals surface area (Å²) in [6.07, 6.45) is 5.70. The monoisotopic (exact) mass is 323 g/mol. The number of rotatable bonds is 3. The van der Waals surface area contributed by atoms with E-state index in [4.69, 9.17) is 4.74 Å². The van der Waals surface area contributed by atoms with Gasteiger partial charge in [0.1, 0.15) is 11.3 Å². The summed E-state index contributed by atoms with van der Waals surface area (Å²) < 4.78 is 6.48. The van der Waals surface area contributed by atoms with E-state index in [9.17, 15) is 4.79 Å². The van der Waals surface area contributed by atoms with E-state index in [1.54, 1.807) is 13.2 Å². The second-order valence-electron chi connectivity index (χ2n) is 5.15. The molecule has 0 N–H and O–H groups in total. The van der Waals surface area contributed by atoms with Crippen molar-refractivity contribution in [2.24, 2.45) is 4.99 Å². The van der Waals surface area contributed by atoms with Gasteiger partial charge in [-0.15, -0.1) is 0 Å². The summed E-state index contributed by atoms with van der Waals surface area (Å²) in [7, 11) is 1.66. The van der Waals surface area contributed by atoms with Crippen LogP contribution in [-0.2, 0) is 10.3 Å². The van der Waals surface area contributed by atoms with Gasteiger partial charge in [0.25, 0.3) is 0 Å². The molecule has 1 aromatic rings. The fraction of sp³-hybridized carbons (Fsp3) is 0.533. The number of aryl methyl sites for hydroxylation is 1. The first-order chi connectivity index (χ1) is 9.05. The molecule has 0 atom stereocenters. The van der Waals surface area contributed by atoms with Crippen molar-refractivity contribution >= 4 is 22.0 Å². The largest absolute Gasteiger partial charge is 0.495 e. The fourth-order valence-electron chi connectivity index (χ4n) is 3.08. The Kier molecular flexibility index (Phi) is 4.12. The lowest BCUT2D eigenvalue weighted by Crippen LogP contribution is -2.22. The molecule has 102 valence electrons. The van der Waals surface area contributed by atoms with E-state index < -0.39 is 5.54 Å². The van der Waals surface area contributed by atoms with Gasteiger partial charge in [0.15, 0.2) is 0 Å². The van der Waals surface area contributed by atoms with E-state index in [1.807, 2.05) is 6.07 Å². The van der Waals surface area contributed by atoms with Crippen LogP contribution in [0, 0.1) is 13.8 Å². The molecule has 1 aromatic carbocycles. The highest BCUT2D eigenvalue weighted by Gasteiger charge is 2.40. The van der Waals surface area contributed by atoms with Crippen molar-refractivity contribution in [3.8, 4) is 5.75 Å². The van der Waals surface area contributed by atoms with E-state index in [1.165, 1.54) is 5.56 Å². The van der Waals surface area contributed by atoms with Crippen LogP contribution in [0.5, 0.6) is 5.75 Å². The van der Waals surface area contributed by atoms with Gasteiger partial charge in [-0.2, -0.15) is 4.99 Å². The lowest BCUT2D eigenvalue weighted by Gasteiger charge is -2.28. The van der Waals surface area contributed by atoms with Crippen molar-refractivity contribution in [3.05, 3.63) is 27.2 Å². The van der Waals surface area contributed by atoms with Crippen molar-refractivity contribution < 1.29 is 9.53 Å². The third kappa shape index (κ3) is 2.35. The molecule has 0 unspecified atom stereocenters. The van der Waals surface area contributed by atoms with Gasteiger partial charge >= 0.3 is 0 Å². The van der Waals surface area contributed by atoms with Crippen molar-refractivity contribution in [1.29, 1.82) is 0 Å². The molecule has 2 rings (SSSR count). The Bertz CT molecular complexity index is 542. The number of aliphatic imine (C=N–C) groups is 1. The summed E-state index contributed by atoms with van der Waals surface area (Å²) in [5.74, 6) is 0.795. The molecule has 1 saturated carbocycles. The maximum Gasteiger partial charge on any atom is 0.235 e. The van der Waals surface area contributed by atoms with E-state index in [2.05, 4.69) is 34.8 Å². The third-order valence-corrected chi connectivity index (χ3v) is 4.70. The summed E-state index contributed by atoms with van der Waals surface area (Å²) in [5.41, 5.74) is 2.92. The predicted molar refractivity (Wildman–Crippen MR) is 78.4 cm³/mol. The Morgan fingerprint density at radius 3 is 2.53 bits per heavy atom. The number of nitrogens with zero attached hydrogens (tertiary/aromatic N) is 1. The highest BCUT2D eigenvalue weighted by atomic mass is 79.9. The fourth-order valence-corrected chi connectivity index (χ4v) is 3.78. The first kappa shape index (κ1) is 14.3. The lowest BCUT2D eigenvalue weighted by atomic mass is 9.83. The summed E-state index contributed by atoms with van der Waals surface area (Å²) in [6, 6.07) is 2.05. The van der Waals surface area contributed by atoms with E-state index in [0.717, 1.165) is 47.0 Å². The van der Waals surface area contributed by atoms with E-state index >= 15 is 0 Å². The summed E-state index contributed by atoms with van der Waals surface area (Å²) in [5, 5.41) is 0. The van der Waals surface area contributed by atoms with Crippen LogP contribution in [0.2, 0.25) is 0 Å². The Hall–Kier alpha value is -1.12. The maximum absolute atomic E-state index is 10.9. The van der Waals surface area contributed by atoms with Crippen LogP contribution in [0.1, 0.15) is 42.4 Å². The molecule has 0 spiro atoms. The van der Waals surface area contributed by atoms with Gasteiger partial charge in [0.05, 0.1) is 11.6 Å². The topological polar surface area (TPSA) is 38.7 Å². The standard InChI is InChI=1S/C15H18BrNO2/c1-10-8-12(16)14(19-3)13(11(10)2)15(17-9-18)6-4-5-7-15/h8H,4-7H2,1-3H3. The van der Waals surface area contributed by atoms with Gasteiger partial charge in [-0.3, -0.25) is 0 Å². The van der Waals surface area contributed by atoms with Crippen molar-refractivity contribution in [3.63, 3.8) is 0 Å². The van der Waals surface area contributed by atoms with Gasteiger partial charge in [0, 0.05) is 5.56 Å². The van der Waals surface area contributed by atoms with Crippen LogP contribution in [0.4, 0.5) is 0 Å². The third-order valence-electron chi connectivity index (χ3n) is 4.11. The number of carbonyl (C=O) groups excluding carboxylic acids is 1. The molecule has 0 saturated heterocycles. The average molecular weight is 324 g/mol. The van der Waals surface area contributed by atoms with Crippen LogP contribution < -0.4 is 4.74 Å². The van der Waals surface area contributed by atoms with Gasteiger partial charge in [-0.05, 0) is 59.8 Å². The van der Waals surface area contributed by atoms with Crippen molar-refractivity contribution in [2.75, 3.05) is 7.11 Å². The molecule has 19 heavy (non-hydrogen) atoms. The van der Waals surface area contributed by atoms with Gasteiger partial charge in [0.2, 0.25) is 6.08 Å². The van der Waals surface area contributed by atoms with Crippen LogP contribution in [0.3, 0.4) is 0 Å². The molecule has 1 fully saturated rings. The zero-order chi connectivity index (χ0) is 14.0. The smallest absolute Gasteiger partial charge is 0.235 e. The molecule has 0 amide bonds. The Balaban J connectivity index is 2.75. The average Bonchev–Trinajstić information content (AvgIpc) is 2.83. The number of ether oxygens (including phenoxy) is 1. The molecule has 4 heteroatoms. The molecule has 0 aromatic heterocycles. The summed E-state index contributed by atoms with van der Waals surface area (Å²) in [4.78, 5) is 15.0. The van der Waals surface area contributed by atoms with Gasteiger partial charge in [-0.25, -0.2) is 4.79 Å². The molecule has 0 heterocycles. The Labute approximate surface area is 122 Å². The summed E-state index contributed by atoms with van der Waals surface area (Å²) in [6.45, 7) is 4.14. The van der Waals surface area contributed by atoms with E-state index in [-0.39, 0.29) is 0 Å². The molecule has 0 radical (unpaired) electrons. The zero-order valence-corrected chi connectivity index (χ0v) is 13.1. The minimum Gasteiger partial charge on any atom is -0.495 e. The highest BCUT2D eigenvalue weighted by molar-refractivity contribution is 9.10. The van der Waals surface area contributed by atoms with Crippen molar-refractivity contribution in [1.82, 2.24) is 0 Å². The first-order valence-electron chi connectivity index (χ1n) is 6.49. The van der Waals surface area contributed by atoms with E-state index in [0.29, 0.717) is 0 Å². The minimum atomic E-state index is -0.453. The second-order valence-corrected chi connectivity index (χ2v) is 6.00. The number of methoxy groups -OCH3 is 1. The SMILES string of the molecule is COc1c(Br)cc(C)c(C)c1C1(N=C=O)CCCC1. The number of isocyanates is 1. The Morgan fingerprint density at radius 1 is 1.37 bits per heavy atom. The predicted octanol–water partition coefficient (Wildman–Crippen LogP) is 4.18. The number of hydrogen-bond donors (Lipinski definition) is 0. The van der Waals surface area contributed by atoms with Gasteiger partial charge in [-0.1, -0.05) is 12.8 Å². The van der Waals surface area contributed by atoms with Crippen LogP contribution in [0.25, 0.3) is 0 Å². The van der Waals surface area contributed by atoms with Crippen molar-refractivity contribution in [2.45, 2.75) is 45.1 Å². The van der Waals surface area contributed by atoms with Crippen LogP contribution >= 0.6 is 15.9 Å². The molecule has 1 aliphatic carbocycles. The van der Waals surface area contributed by atoms with Crippen LogP contribution in [0.15, 0.2) is 15.5 Å². The number of benzene rings is 1. The lowest BCUT2D eigenvalue weighted by molar-refractivity contribution is 0.375. The molecular weight excluding hydrogens is 306 g/mol. The van der Waals surface area contributed by atoms with Crippen LogP contribution in [-0.4, -0.2) is 13.2 Å². The maximum atomic E-state index is 10.9.